The number of amides is 5. The van der Waals surface area contributed by atoms with Crippen LogP contribution in [-0.2, 0) is 23.9 Å². The minimum absolute atomic E-state index is 0.0487. The number of carbonyl (C=O) groups excluding carboxylic acids is 5. The van der Waals surface area contributed by atoms with Gasteiger partial charge in [-0.15, -0.1) is 0 Å². The Morgan fingerprint density at radius 2 is 1.46 bits per heavy atom. The van der Waals surface area contributed by atoms with E-state index in [0.717, 1.165) is 63.2 Å². The zero-order valence-electron chi connectivity index (χ0n) is 23.7. The largest absolute Gasteiger partial charge is 0.381 e. The van der Waals surface area contributed by atoms with Gasteiger partial charge in [0, 0.05) is 39.3 Å². The zero-order chi connectivity index (χ0) is 29.5. The Labute approximate surface area is 255 Å². The van der Waals surface area contributed by atoms with Crippen molar-refractivity contribution in [3.8, 4) is 0 Å². The summed E-state index contributed by atoms with van der Waals surface area (Å²) < 4.78 is 12.6. The van der Waals surface area contributed by atoms with Gasteiger partial charge < -0.3 is 14.8 Å². The standard InChI is InChI=1S/C30H42IN3O7/c31-17-6-1-2-7-18-40-20-9-4-10-21-41-19-8-3-5-14-25(35)32-23-13-11-12-22-27(23)30(39)34(29(22)38)24-15-16-26(36)33-28(24)37/h11-13,24H,1-10,14-21H2,(H,32,35)(H,33,36,37). The molecule has 2 heterocycles. The molecule has 0 saturated carbocycles. The molecule has 1 fully saturated rings. The van der Waals surface area contributed by atoms with E-state index in [1.54, 1.807) is 12.1 Å². The van der Waals surface area contributed by atoms with Crippen molar-refractivity contribution in [2.45, 2.75) is 89.5 Å². The normalized spacial score (nSPS) is 16.7. The lowest BCUT2D eigenvalue weighted by Gasteiger charge is -2.27. The van der Waals surface area contributed by atoms with Crippen LogP contribution in [0.1, 0.15) is 104 Å². The number of hydrogen-bond donors (Lipinski definition) is 2. The predicted molar refractivity (Wildman–Crippen MR) is 163 cm³/mol. The van der Waals surface area contributed by atoms with Crippen molar-refractivity contribution in [1.29, 1.82) is 0 Å². The van der Waals surface area contributed by atoms with Crippen LogP contribution in [0.25, 0.3) is 0 Å². The van der Waals surface area contributed by atoms with E-state index < -0.39 is 29.7 Å². The van der Waals surface area contributed by atoms with Crippen molar-refractivity contribution in [3.05, 3.63) is 29.3 Å². The van der Waals surface area contributed by atoms with E-state index in [4.69, 9.17) is 9.47 Å². The minimum atomic E-state index is -1.05. The molecule has 5 amide bonds. The van der Waals surface area contributed by atoms with Crippen LogP contribution in [0.2, 0.25) is 0 Å². The molecule has 1 atom stereocenters. The maximum Gasteiger partial charge on any atom is 0.264 e. The third-order valence-electron chi connectivity index (χ3n) is 7.18. The summed E-state index contributed by atoms with van der Waals surface area (Å²) in [4.78, 5) is 63.3. The molecule has 226 valence electrons. The Bertz CT molecular complexity index is 1060. The highest BCUT2D eigenvalue weighted by Crippen LogP contribution is 2.32. The topological polar surface area (TPSA) is 131 Å². The number of rotatable bonds is 20. The third-order valence-corrected chi connectivity index (χ3v) is 7.95. The van der Waals surface area contributed by atoms with Gasteiger partial charge >= 0.3 is 0 Å². The van der Waals surface area contributed by atoms with Crippen molar-refractivity contribution in [1.82, 2.24) is 10.2 Å². The molecule has 1 unspecified atom stereocenters. The first-order chi connectivity index (χ1) is 19.9. The van der Waals surface area contributed by atoms with Crippen molar-refractivity contribution in [2.24, 2.45) is 0 Å². The summed E-state index contributed by atoms with van der Waals surface area (Å²) in [7, 11) is 0. The highest BCUT2D eigenvalue weighted by Gasteiger charge is 2.45. The molecule has 2 aliphatic rings. The molecule has 0 radical (unpaired) electrons. The molecule has 3 rings (SSSR count). The number of unbranched alkanes of at least 4 members (excludes halogenated alkanes) is 7. The number of alkyl halides is 1. The number of anilines is 1. The predicted octanol–water partition coefficient (Wildman–Crippen LogP) is 4.79. The maximum atomic E-state index is 13.1. The Morgan fingerprint density at radius 3 is 2.10 bits per heavy atom. The van der Waals surface area contributed by atoms with Crippen LogP contribution in [0.15, 0.2) is 18.2 Å². The van der Waals surface area contributed by atoms with E-state index in [0.29, 0.717) is 13.0 Å². The van der Waals surface area contributed by atoms with Crippen LogP contribution in [-0.4, -0.2) is 71.3 Å². The number of fused-ring (bicyclic) bond motifs is 1. The van der Waals surface area contributed by atoms with Crippen LogP contribution < -0.4 is 10.6 Å². The number of ether oxygens (including phenoxy) is 2. The van der Waals surface area contributed by atoms with Crippen LogP contribution >= 0.6 is 22.6 Å². The highest BCUT2D eigenvalue weighted by molar-refractivity contribution is 14.1. The van der Waals surface area contributed by atoms with Gasteiger partial charge in [0.2, 0.25) is 17.7 Å². The fourth-order valence-electron chi connectivity index (χ4n) is 4.94. The number of hydrogen-bond acceptors (Lipinski definition) is 7. The van der Waals surface area contributed by atoms with E-state index in [2.05, 4.69) is 33.2 Å². The molecule has 0 aromatic heterocycles. The molecule has 41 heavy (non-hydrogen) atoms. The monoisotopic (exact) mass is 683 g/mol. The average molecular weight is 684 g/mol. The summed E-state index contributed by atoms with van der Waals surface area (Å²) >= 11 is 2.42. The van der Waals surface area contributed by atoms with Crippen LogP contribution in [0.4, 0.5) is 5.69 Å². The van der Waals surface area contributed by atoms with Crippen molar-refractivity contribution < 1.29 is 33.4 Å². The smallest absolute Gasteiger partial charge is 0.264 e. The summed E-state index contributed by atoms with van der Waals surface area (Å²) in [5.74, 6) is -2.59. The van der Waals surface area contributed by atoms with E-state index >= 15 is 0 Å². The highest BCUT2D eigenvalue weighted by atomic mass is 127. The quantitative estimate of drug-likeness (QED) is 0.0876. The summed E-state index contributed by atoms with van der Waals surface area (Å²) in [6, 6.07) is 3.62. The fraction of sp³-hybridized carbons (Fsp3) is 0.633. The number of nitrogens with one attached hydrogen (secondary N) is 2. The van der Waals surface area contributed by atoms with Gasteiger partial charge in [-0.25, -0.2) is 0 Å². The SMILES string of the molecule is O=C1CCC(N2C(=O)c3cccc(NC(=O)CCCCCOCCCCCOCCCCCCI)c3C2=O)C(=O)N1. The van der Waals surface area contributed by atoms with Crippen LogP contribution in [0, 0.1) is 0 Å². The lowest BCUT2D eigenvalue weighted by molar-refractivity contribution is -0.136. The second-order valence-corrected chi connectivity index (χ2v) is 11.5. The van der Waals surface area contributed by atoms with E-state index in [1.165, 1.54) is 29.8 Å². The number of benzene rings is 1. The molecule has 2 N–H and O–H groups in total. The van der Waals surface area contributed by atoms with Crippen molar-refractivity contribution in [3.63, 3.8) is 0 Å². The van der Waals surface area contributed by atoms with Gasteiger partial charge in [-0.05, 0) is 67.9 Å². The van der Waals surface area contributed by atoms with Gasteiger partial charge in [0.05, 0.1) is 16.8 Å². The summed E-state index contributed by atoms with van der Waals surface area (Å²) in [6.45, 7) is 3.08. The second-order valence-electron chi connectivity index (χ2n) is 10.4. The average Bonchev–Trinajstić information content (AvgIpc) is 3.20. The molecule has 10 nitrogen and oxygen atoms in total. The van der Waals surface area contributed by atoms with Gasteiger partial charge in [-0.2, -0.15) is 0 Å². The number of halogens is 1. The number of nitrogens with zero attached hydrogens (tertiary/aromatic N) is 1. The van der Waals surface area contributed by atoms with Crippen molar-refractivity contribution in [2.75, 3.05) is 36.2 Å². The lowest BCUT2D eigenvalue weighted by atomic mass is 10.0. The zero-order valence-corrected chi connectivity index (χ0v) is 25.9. The first kappa shape index (κ1) is 33.1. The molecule has 0 bridgehead atoms. The van der Waals surface area contributed by atoms with Gasteiger partial charge in [0.25, 0.3) is 11.8 Å². The summed E-state index contributed by atoms with van der Waals surface area (Å²) in [5, 5.41) is 4.93. The summed E-state index contributed by atoms with van der Waals surface area (Å²) in [6.07, 6.45) is 11.0. The molecule has 2 aliphatic heterocycles. The van der Waals surface area contributed by atoms with Gasteiger partial charge in [0.15, 0.2) is 0 Å². The summed E-state index contributed by atoms with van der Waals surface area (Å²) in [5.41, 5.74) is 0.471. The van der Waals surface area contributed by atoms with E-state index in [1.807, 2.05) is 0 Å². The molecule has 11 heteroatoms. The molecule has 0 aliphatic carbocycles. The Balaban J connectivity index is 1.26. The van der Waals surface area contributed by atoms with Gasteiger partial charge in [-0.3, -0.25) is 34.2 Å². The molecular formula is C30H42IN3O7. The second kappa shape index (κ2) is 18.2. The first-order valence-corrected chi connectivity index (χ1v) is 16.3. The lowest BCUT2D eigenvalue weighted by Crippen LogP contribution is -2.54. The maximum absolute atomic E-state index is 13.1. The Hall–Kier alpha value is -2.38. The molecule has 0 spiro atoms. The fourth-order valence-corrected chi connectivity index (χ4v) is 5.48. The number of carbonyl (C=O) groups is 5. The Morgan fingerprint density at radius 1 is 0.854 bits per heavy atom. The minimum Gasteiger partial charge on any atom is -0.381 e. The van der Waals surface area contributed by atoms with Gasteiger partial charge in [0.1, 0.15) is 6.04 Å². The van der Waals surface area contributed by atoms with E-state index in [9.17, 15) is 24.0 Å². The van der Waals surface area contributed by atoms with Crippen LogP contribution in [0.3, 0.4) is 0 Å². The molecule has 1 saturated heterocycles. The van der Waals surface area contributed by atoms with Gasteiger partial charge in [-0.1, -0.05) is 47.9 Å². The van der Waals surface area contributed by atoms with E-state index in [-0.39, 0.29) is 42.0 Å². The third kappa shape index (κ3) is 10.4. The van der Waals surface area contributed by atoms with Crippen LogP contribution in [0.5, 0.6) is 0 Å². The molecule has 1 aromatic rings. The molecular weight excluding hydrogens is 641 g/mol. The Kier molecular flexibility index (Phi) is 14.7. The first-order valence-electron chi connectivity index (χ1n) is 14.8. The number of imide groups is 2. The number of piperidine rings is 1. The molecule has 1 aromatic carbocycles. The van der Waals surface area contributed by atoms with Crippen molar-refractivity contribution >= 4 is 57.8 Å².